The normalized spacial score (nSPS) is 12.0. The second kappa shape index (κ2) is 7.68. The minimum Gasteiger partial charge on any atom is -0.491 e. The van der Waals surface area contributed by atoms with Crippen LogP contribution in [0.3, 0.4) is 0 Å². The molecular weight excluding hydrogens is 286 g/mol. The van der Waals surface area contributed by atoms with Crippen LogP contribution < -0.4 is 15.8 Å². The Morgan fingerprint density at radius 3 is 2.39 bits per heavy atom. The van der Waals surface area contributed by atoms with Crippen molar-refractivity contribution in [2.24, 2.45) is 10.7 Å². The Balaban J connectivity index is 1.96. The number of hydrogen-bond acceptors (Lipinski definition) is 2. The first-order valence-corrected chi connectivity index (χ1v) is 7.81. The average molecular weight is 311 g/mol. The predicted octanol–water partition coefficient (Wildman–Crippen LogP) is 3.44. The van der Waals surface area contributed by atoms with E-state index in [0.717, 1.165) is 16.9 Å². The number of guanidine groups is 1. The van der Waals surface area contributed by atoms with Crippen molar-refractivity contribution in [2.45, 2.75) is 26.3 Å². The van der Waals surface area contributed by atoms with Gasteiger partial charge in [0, 0.05) is 11.1 Å². The number of rotatable bonds is 5. The van der Waals surface area contributed by atoms with Gasteiger partial charge < -0.3 is 15.8 Å². The topological polar surface area (TPSA) is 59.6 Å². The number of nitrogens with one attached hydrogen (secondary N) is 1. The highest BCUT2D eigenvalue weighted by Gasteiger charge is 2.09. The van der Waals surface area contributed by atoms with E-state index in [1.165, 1.54) is 0 Å². The lowest BCUT2D eigenvalue weighted by Gasteiger charge is -2.21. The minimum atomic E-state index is -0.0889. The van der Waals surface area contributed by atoms with Crippen molar-refractivity contribution in [1.29, 1.82) is 0 Å². The third-order valence-corrected chi connectivity index (χ3v) is 3.11. The fourth-order valence-electron chi connectivity index (χ4n) is 2.19. The maximum atomic E-state index is 5.88. The van der Waals surface area contributed by atoms with Gasteiger partial charge in [-0.25, -0.2) is 4.99 Å². The molecule has 0 fully saturated rings. The van der Waals surface area contributed by atoms with E-state index in [9.17, 15) is 0 Å². The molecule has 3 N–H and O–H groups in total. The van der Waals surface area contributed by atoms with Crippen LogP contribution in [0.5, 0.6) is 5.75 Å². The van der Waals surface area contributed by atoms with E-state index in [4.69, 9.17) is 10.5 Å². The lowest BCUT2D eigenvalue weighted by atomic mass is 10.1. The van der Waals surface area contributed by atoms with Crippen LogP contribution in [0.1, 0.15) is 20.8 Å². The quantitative estimate of drug-likeness (QED) is 0.505. The molecule has 0 heterocycles. The minimum absolute atomic E-state index is 0.0889. The Labute approximate surface area is 138 Å². The molecule has 0 aliphatic carbocycles. The summed E-state index contributed by atoms with van der Waals surface area (Å²) in [5.74, 6) is 1.30. The maximum Gasteiger partial charge on any atom is 0.189 e. The summed E-state index contributed by atoms with van der Waals surface area (Å²) in [4.78, 5) is 4.29. The van der Waals surface area contributed by atoms with Crippen LogP contribution in [0.15, 0.2) is 59.6 Å². The van der Waals surface area contributed by atoms with Crippen LogP contribution in [-0.2, 0) is 0 Å². The fourth-order valence-corrected chi connectivity index (χ4v) is 2.19. The molecule has 0 unspecified atom stereocenters. The first-order chi connectivity index (χ1) is 11.0. The summed E-state index contributed by atoms with van der Waals surface area (Å²) in [7, 11) is 0. The molecule has 0 radical (unpaired) electrons. The first-order valence-electron chi connectivity index (χ1n) is 7.81. The zero-order valence-corrected chi connectivity index (χ0v) is 14.0. The Morgan fingerprint density at radius 1 is 1.04 bits per heavy atom. The molecule has 2 aromatic rings. The molecule has 0 atom stereocenters. The lowest BCUT2D eigenvalue weighted by molar-refractivity contribution is 0.329. The average Bonchev–Trinajstić information content (AvgIpc) is 2.51. The molecule has 0 aromatic heterocycles. The molecule has 0 aliphatic heterocycles. The van der Waals surface area contributed by atoms with Crippen molar-refractivity contribution in [2.75, 3.05) is 13.2 Å². The van der Waals surface area contributed by atoms with Crippen LogP contribution in [0.25, 0.3) is 11.1 Å². The molecule has 4 nitrogen and oxygen atoms in total. The van der Waals surface area contributed by atoms with E-state index in [0.29, 0.717) is 19.1 Å². The Hall–Kier alpha value is -2.49. The molecule has 0 amide bonds. The van der Waals surface area contributed by atoms with Gasteiger partial charge in [-0.05, 0) is 32.4 Å². The second-order valence-corrected chi connectivity index (χ2v) is 6.35. The molecule has 0 saturated carbocycles. The van der Waals surface area contributed by atoms with Crippen molar-refractivity contribution < 1.29 is 4.74 Å². The smallest absolute Gasteiger partial charge is 0.189 e. The zero-order chi connectivity index (χ0) is 16.7. The number of nitrogens with zero attached hydrogens (tertiary/aromatic N) is 1. The van der Waals surface area contributed by atoms with E-state index in [1.54, 1.807) is 0 Å². The summed E-state index contributed by atoms with van der Waals surface area (Å²) in [6, 6.07) is 18.2. The Morgan fingerprint density at radius 2 is 1.70 bits per heavy atom. The molecule has 23 heavy (non-hydrogen) atoms. The summed E-state index contributed by atoms with van der Waals surface area (Å²) in [6.45, 7) is 7.13. The van der Waals surface area contributed by atoms with Gasteiger partial charge in [-0.1, -0.05) is 48.5 Å². The summed E-state index contributed by atoms with van der Waals surface area (Å²) in [5.41, 5.74) is 7.98. The van der Waals surface area contributed by atoms with E-state index in [2.05, 4.69) is 28.5 Å². The van der Waals surface area contributed by atoms with Crippen LogP contribution in [0, 0.1) is 0 Å². The third kappa shape index (κ3) is 5.66. The molecule has 122 valence electrons. The summed E-state index contributed by atoms with van der Waals surface area (Å²) in [6.07, 6.45) is 0. The third-order valence-electron chi connectivity index (χ3n) is 3.11. The Bertz CT molecular complexity index is 645. The van der Waals surface area contributed by atoms with Crippen LogP contribution in [-0.4, -0.2) is 24.7 Å². The van der Waals surface area contributed by atoms with Crippen molar-refractivity contribution in [3.8, 4) is 16.9 Å². The van der Waals surface area contributed by atoms with Gasteiger partial charge in [0.2, 0.25) is 0 Å². The van der Waals surface area contributed by atoms with E-state index in [1.807, 2.05) is 57.2 Å². The molecule has 0 spiro atoms. The van der Waals surface area contributed by atoms with Gasteiger partial charge in [0.1, 0.15) is 12.4 Å². The maximum absolute atomic E-state index is 5.88. The van der Waals surface area contributed by atoms with Crippen molar-refractivity contribution >= 4 is 5.96 Å². The lowest BCUT2D eigenvalue weighted by Crippen LogP contribution is -2.45. The highest BCUT2D eigenvalue weighted by atomic mass is 16.5. The molecule has 2 rings (SSSR count). The first kappa shape index (κ1) is 16.9. The highest BCUT2D eigenvalue weighted by molar-refractivity contribution is 5.78. The SMILES string of the molecule is CC(C)(C)NC(N)=NCCOc1ccccc1-c1ccccc1. The van der Waals surface area contributed by atoms with Gasteiger partial charge in [-0.2, -0.15) is 0 Å². The van der Waals surface area contributed by atoms with Gasteiger partial charge in [0.05, 0.1) is 6.54 Å². The van der Waals surface area contributed by atoms with Gasteiger partial charge in [-0.15, -0.1) is 0 Å². The number of aliphatic imine (C=N–C) groups is 1. The molecule has 0 aliphatic rings. The van der Waals surface area contributed by atoms with E-state index < -0.39 is 0 Å². The van der Waals surface area contributed by atoms with Crippen molar-refractivity contribution in [3.63, 3.8) is 0 Å². The number of para-hydroxylation sites is 1. The van der Waals surface area contributed by atoms with Gasteiger partial charge in [0.15, 0.2) is 5.96 Å². The summed E-state index contributed by atoms with van der Waals surface area (Å²) < 4.78 is 5.88. The fraction of sp³-hybridized carbons (Fsp3) is 0.316. The second-order valence-electron chi connectivity index (χ2n) is 6.35. The zero-order valence-electron chi connectivity index (χ0n) is 14.0. The van der Waals surface area contributed by atoms with E-state index >= 15 is 0 Å². The number of nitrogens with two attached hydrogens (primary N) is 1. The highest BCUT2D eigenvalue weighted by Crippen LogP contribution is 2.29. The van der Waals surface area contributed by atoms with Gasteiger partial charge in [0.25, 0.3) is 0 Å². The Kier molecular flexibility index (Phi) is 5.63. The molecule has 4 heteroatoms. The molecule has 0 bridgehead atoms. The standard InChI is InChI=1S/C19H25N3O/c1-19(2,3)22-18(20)21-13-14-23-17-12-8-7-11-16(17)15-9-5-4-6-10-15/h4-12H,13-14H2,1-3H3,(H3,20,21,22). The van der Waals surface area contributed by atoms with E-state index in [-0.39, 0.29) is 5.54 Å². The van der Waals surface area contributed by atoms with Crippen molar-refractivity contribution in [3.05, 3.63) is 54.6 Å². The van der Waals surface area contributed by atoms with Crippen LogP contribution >= 0.6 is 0 Å². The van der Waals surface area contributed by atoms with Crippen LogP contribution in [0.2, 0.25) is 0 Å². The van der Waals surface area contributed by atoms with Gasteiger partial charge >= 0.3 is 0 Å². The molecule has 0 saturated heterocycles. The predicted molar refractivity (Wildman–Crippen MR) is 96.8 cm³/mol. The summed E-state index contributed by atoms with van der Waals surface area (Å²) >= 11 is 0. The van der Waals surface area contributed by atoms with Crippen LogP contribution in [0.4, 0.5) is 0 Å². The number of hydrogen-bond donors (Lipinski definition) is 2. The number of benzene rings is 2. The summed E-state index contributed by atoms with van der Waals surface area (Å²) in [5, 5.41) is 3.13. The number of ether oxygens (including phenoxy) is 1. The largest absolute Gasteiger partial charge is 0.491 e. The molecule has 2 aromatic carbocycles. The monoisotopic (exact) mass is 311 g/mol. The molecular formula is C19H25N3O. The van der Waals surface area contributed by atoms with Gasteiger partial charge in [-0.3, -0.25) is 0 Å². The van der Waals surface area contributed by atoms with Crippen molar-refractivity contribution in [1.82, 2.24) is 5.32 Å².